The summed E-state index contributed by atoms with van der Waals surface area (Å²) in [5.74, 6) is -5.18. The standard InChI is InChI=1S/2C4H6O4.C2H8N2.3Na/c2*5-3(6)1-2-4(7)8;3-1-2-4;;;/h2*1-2H2,(H,5,6)(H,7,8);1-4H2;;;/q;;;3*+1/p-3. The van der Waals surface area contributed by atoms with Crippen LogP contribution in [-0.4, -0.2) is 42.1 Å². The third kappa shape index (κ3) is 70.8. The van der Waals surface area contributed by atoms with Gasteiger partial charge in [0.2, 0.25) is 0 Å². The van der Waals surface area contributed by atoms with Gasteiger partial charge >= 0.3 is 94.6 Å². The van der Waals surface area contributed by atoms with E-state index in [1.165, 1.54) is 0 Å². The maximum absolute atomic E-state index is 9.61. The van der Waals surface area contributed by atoms with E-state index in [4.69, 9.17) is 16.6 Å². The van der Waals surface area contributed by atoms with Gasteiger partial charge in [0.15, 0.2) is 0 Å². The topological polar surface area (TPSA) is 210 Å². The zero-order chi connectivity index (χ0) is 16.6. The van der Waals surface area contributed by atoms with Crippen LogP contribution in [0.4, 0.5) is 0 Å². The minimum Gasteiger partial charge on any atom is -0.550 e. The van der Waals surface area contributed by atoms with E-state index in [1.54, 1.807) is 0 Å². The maximum Gasteiger partial charge on any atom is 1.00 e. The number of rotatable bonds is 7. The normalized spacial score (nSPS) is 7.22. The SMILES string of the molecule is NCCN.O=C([O-])CCC(=O)O.O=C([O-])CCC(=O)[O-].[Na+].[Na+].[Na+]. The van der Waals surface area contributed by atoms with Crippen LogP contribution in [0.15, 0.2) is 0 Å². The molecule has 0 aliphatic carbocycles. The summed E-state index contributed by atoms with van der Waals surface area (Å²) in [5, 5.41) is 36.4. The van der Waals surface area contributed by atoms with Crippen molar-refractivity contribution < 1.29 is 128 Å². The van der Waals surface area contributed by atoms with E-state index >= 15 is 0 Å². The van der Waals surface area contributed by atoms with Crippen LogP contribution >= 0.6 is 0 Å². The number of carbonyl (C=O) groups excluding carboxylic acids is 3. The van der Waals surface area contributed by atoms with E-state index in [1.807, 2.05) is 0 Å². The molecule has 0 heterocycles. The summed E-state index contributed by atoms with van der Waals surface area (Å²) in [6.07, 6.45) is -1.71. The van der Waals surface area contributed by atoms with Crippen LogP contribution in [0.1, 0.15) is 25.7 Å². The minimum absolute atomic E-state index is 0. The average Bonchev–Trinajstić information content (AvgIpc) is 2.35. The molecular formula is C10H17N2Na3O8. The van der Waals surface area contributed by atoms with Crippen LogP contribution in [0, 0.1) is 0 Å². The second-order valence-electron chi connectivity index (χ2n) is 3.09. The largest absolute Gasteiger partial charge is 1.00 e. The Hall–Kier alpha value is 0.800. The third-order valence-electron chi connectivity index (χ3n) is 1.24. The summed E-state index contributed by atoms with van der Waals surface area (Å²) in [6, 6.07) is 0. The number of carbonyl (C=O) groups is 4. The van der Waals surface area contributed by atoms with Crippen LogP contribution in [0.25, 0.3) is 0 Å². The van der Waals surface area contributed by atoms with Crippen molar-refractivity contribution in [2.75, 3.05) is 13.1 Å². The molecule has 0 aromatic carbocycles. The summed E-state index contributed by atoms with van der Waals surface area (Å²) in [6.45, 7) is 1.19. The Balaban J connectivity index is -0.0000000464. The zero-order valence-corrected chi connectivity index (χ0v) is 19.7. The van der Waals surface area contributed by atoms with Crippen LogP contribution in [-0.2, 0) is 19.2 Å². The van der Waals surface area contributed by atoms with Crippen molar-refractivity contribution in [3.63, 3.8) is 0 Å². The first-order valence-corrected chi connectivity index (χ1v) is 5.38. The second-order valence-corrected chi connectivity index (χ2v) is 3.09. The monoisotopic (exact) mass is 362 g/mol. The van der Waals surface area contributed by atoms with Crippen LogP contribution in [0.5, 0.6) is 0 Å². The fraction of sp³-hybridized carbons (Fsp3) is 0.600. The van der Waals surface area contributed by atoms with Gasteiger partial charge in [-0.2, -0.15) is 0 Å². The molecule has 0 saturated heterocycles. The van der Waals surface area contributed by atoms with E-state index < -0.39 is 43.1 Å². The molecule has 13 heteroatoms. The zero-order valence-electron chi connectivity index (χ0n) is 13.7. The molecule has 0 aliphatic heterocycles. The van der Waals surface area contributed by atoms with Crippen LogP contribution in [0.3, 0.4) is 0 Å². The Kier molecular flexibility index (Phi) is 52.0. The number of carboxylic acids is 4. The minimum atomic E-state index is -1.37. The van der Waals surface area contributed by atoms with Gasteiger partial charge in [-0.3, -0.25) is 4.79 Å². The van der Waals surface area contributed by atoms with Crippen LogP contribution < -0.4 is 115 Å². The summed E-state index contributed by atoms with van der Waals surface area (Å²) >= 11 is 0. The summed E-state index contributed by atoms with van der Waals surface area (Å²) in [4.78, 5) is 38.1. The third-order valence-corrected chi connectivity index (χ3v) is 1.24. The fourth-order valence-electron chi connectivity index (χ4n) is 0.413. The first-order valence-electron chi connectivity index (χ1n) is 5.38. The molecule has 0 saturated carbocycles. The molecule has 0 radical (unpaired) electrons. The van der Waals surface area contributed by atoms with Crippen molar-refractivity contribution in [3.8, 4) is 0 Å². The van der Waals surface area contributed by atoms with E-state index in [2.05, 4.69) is 0 Å². The molecule has 0 unspecified atom stereocenters. The Bertz CT molecular complexity index is 260. The Morgan fingerprint density at radius 3 is 0.957 bits per heavy atom. The van der Waals surface area contributed by atoms with Crippen molar-refractivity contribution in [1.29, 1.82) is 0 Å². The Morgan fingerprint density at radius 2 is 0.870 bits per heavy atom. The molecule has 118 valence electrons. The smallest absolute Gasteiger partial charge is 0.550 e. The van der Waals surface area contributed by atoms with Crippen molar-refractivity contribution in [2.45, 2.75) is 25.7 Å². The molecule has 23 heavy (non-hydrogen) atoms. The number of carboxylic acid groups (broad SMARTS) is 4. The molecule has 0 aromatic rings. The molecule has 0 atom stereocenters. The molecule has 0 fully saturated rings. The quantitative estimate of drug-likeness (QED) is 0.364. The van der Waals surface area contributed by atoms with Crippen molar-refractivity contribution >= 4 is 23.9 Å². The van der Waals surface area contributed by atoms with Gasteiger partial charge in [0.1, 0.15) is 0 Å². The van der Waals surface area contributed by atoms with Crippen molar-refractivity contribution in [1.82, 2.24) is 0 Å². The molecule has 10 nitrogen and oxygen atoms in total. The van der Waals surface area contributed by atoms with E-state index in [-0.39, 0.29) is 95.1 Å². The Morgan fingerprint density at radius 1 is 0.652 bits per heavy atom. The molecule has 0 aliphatic rings. The van der Waals surface area contributed by atoms with Gasteiger partial charge < -0.3 is 46.3 Å². The van der Waals surface area contributed by atoms with E-state index in [0.29, 0.717) is 13.1 Å². The maximum atomic E-state index is 9.61. The second kappa shape index (κ2) is 30.7. The molecule has 0 aromatic heterocycles. The molecule has 0 amide bonds. The number of hydrogen-bond acceptors (Lipinski definition) is 9. The van der Waals surface area contributed by atoms with Crippen molar-refractivity contribution in [3.05, 3.63) is 0 Å². The molecule has 5 N–H and O–H groups in total. The number of hydrogen-bond donors (Lipinski definition) is 3. The Labute approximate surface area is 200 Å². The van der Waals surface area contributed by atoms with Gasteiger partial charge in [0.25, 0.3) is 0 Å². The average molecular weight is 362 g/mol. The summed E-state index contributed by atoms with van der Waals surface area (Å²) in [7, 11) is 0. The predicted molar refractivity (Wildman–Crippen MR) is 59.2 cm³/mol. The van der Waals surface area contributed by atoms with Gasteiger partial charge in [-0.1, -0.05) is 0 Å². The fourth-order valence-corrected chi connectivity index (χ4v) is 0.413. The first kappa shape index (κ1) is 39.0. The van der Waals surface area contributed by atoms with Crippen LogP contribution in [0.2, 0.25) is 0 Å². The van der Waals surface area contributed by atoms with Gasteiger partial charge in [0.05, 0.1) is 6.42 Å². The number of nitrogens with two attached hydrogens (primary N) is 2. The number of aliphatic carboxylic acids is 4. The van der Waals surface area contributed by atoms with Gasteiger partial charge in [0, 0.05) is 31.0 Å². The molecule has 0 rings (SSSR count). The van der Waals surface area contributed by atoms with Gasteiger partial charge in [-0.25, -0.2) is 0 Å². The van der Waals surface area contributed by atoms with E-state index in [9.17, 15) is 34.5 Å². The predicted octanol–water partition coefficient (Wildman–Crippen LogP) is -14.2. The molecule has 0 spiro atoms. The van der Waals surface area contributed by atoms with Crippen molar-refractivity contribution in [2.24, 2.45) is 11.5 Å². The van der Waals surface area contributed by atoms with E-state index in [0.717, 1.165) is 0 Å². The molecule has 0 bridgehead atoms. The summed E-state index contributed by atoms with van der Waals surface area (Å²) in [5.41, 5.74) is 9.81. The first-order chi connectivity index (χ1) is 9.17. The van der Waals surface area contributed by atoms with Gasteiger partial charge in [-0.15, -0.1) is 0 Å². The summed E-state index contributed by atoms with van der Waals surface area (Å²) < 4.78 is 0. The van der Waals surface area contributed by atoms with Gasteiger partial charge in [-0.05, 0) is 19.3 Å². The molecular weight excluding hydrogens is 345 g/mol.